The third kappa shape index (κ3) is 1.75. The van der Waals surface area contributed by atoms with Crippen LogP contribution in [0.2, 0.25) is 0 Å². The van der Waals surface area contributed by atoms with Crippen LogP contribution < -0.4 is 0 Å². The van der Waals surface area contributed by atoms with Crippen molar-refractivity contribution in [2.24, 2.45) is 16.8 Å². The Kier molecular flexibility index (Phi) is 2.55. The van der Waals surface area contributed by atoms with Crippen LogP contribution in [-0.4, -0.2) is 12.0 Å². The molecular weight excluding hydrogens is 142 g/mol. The quantitative estimate of drug-likeness (QED) is 0.443. The first-order valence-corrected chi connectivity index (χ1v) is 3.87. The molecule has 0 radical (unpaired) electrons. The smallest absolute Gasteiger partial charge is 0.259 e. The van der Waals surface area contributed by atoms with Crippen molar-refractivity contribution < 1.29 is 9.59 Å². The van der Waals surface area contributed by atoms with Crippen LogP contribution in [0.15, 0.2) is 4.99 Å². The molecule has 1 atom stereocenters. The summed E-state index contributed by atoms with van der Waals surface area (Å²) in [5, 5.41) is 0. The van der Waals surface area contributed by atoms with Crippen LogP contribution in [0.5, 0.6) is 0 Å². The summed E-state index contributed by atoms with van der Waals surface area (Å²) < 4.78 is 0. The predicted octanol–water partition coefficient (Wildman–Crippen LogP) is 1.29. The van der Waals surface area contributed by atoms with Crippen LogP contribution in [0.4, 0.5) is 0 Å². The molecule has 3 nitrogen and oxygen atoms in total. The molecule has 0 aromatic rings. The second kappa shape index (κ2) is 3.44. The highest BCUT2D eigenvalue weighted by molar-refractivity contribution is 5.83. The minimum Gasteiger partial charge on any atom is -0.271 e. The van der Waals surface area contributed by atoms with Crippen molar-refractivity contribution in [3.8, 4) is 0 Å². The van der Waals surface area contributed by atoms with Gasteiger partial charge in [-0.2, -0.15) is 0 Å². The zero-order valence-corrected chi connectivity index (χ0v) is 6.54. The third-order valence-electron chi connectivity index (χ3n) is 2.40. The van der Waals surface area contributed by atoms with E-state index < -0.39 is 0 Å². The molecule has 0 aromatic carbocycles. The van der Waals surface area contributed by atoms with E-state index >= 15 is 0 Å². The van der Waals surface area contributed by atoms with E-state index in [1.165, 1.54) is 12.5 Å². The van der Waals surface area contributed by atoms with Gasteiger partial charge in [-0.3, -0.25) is 4.79 Å². The molecule has 0 N–H and O–H groups in total. The van der Waals surface area contributed by atoms with Gasteiger partial charge in [-0.15, -0.1) is 4.99 Å². The maximum atomic E-state index is 10.9. The van der Waals surface area contributed by atoms with E-state index in [4.69, 9.17) is 0 Å². The van der Waals surface area contributed by atoms with Gasteiger partial charge >= 0.3 is 0 Å². The monoisotopic (exact) mass is 153 g/mol. The van der Waals surface area contributed by atoms with Gasteiger partial charge in [0.15, 0.2) is 0 Å². The summed E-state index contributed by atoms with van der Waals surface area (Å²) in [7, 11) is 0. The van der Waals surface area contributed by atoms with Gasteiger partial charge < -0.3 is 0 Å². The summed E-state index contributed by atoms with van der Waals surface area (Å²) in [5.74, 6) is 0.0644. The molecule has 1 unspecified atom stereocenters. The Morgan fingerprint density at radius 1 is 1.64 bits per heavy atom. The zero-order valence-electron chi connectivity index (χ0n) is 6.54. The largest absolute Gasteiger partial charge is 0.271 e. The van der Waals surface area contributed by atoms with Crippen molar-refractivity contribution in [3.63, 3.8) is 0 Å². The van der Waals surface area contributed by atoms with E-state index in [1.54, 1.807) is 0 Å². The highest BCUT2D eigenvalue weighted by Gasteiger charge is 2.28. The van der Waals surface area contributed by atoms with E-state index in [0.29, 0.717) is 5.92 Å². The first kappa shape index (κ1) is 8.15. The van der Waals surface area contributed by atoms with E-state index in [9.17, 15) is 9.59 Å². The number of hydrogen-bond donors (Lipinski definition) is 0. The van der Waals surface area contributed by atoms with Gasteiger partial charge in [0.25, 0.3) is 5.91 Å². The maximum Gasteiger partial charge on any atom is 0.259 e. The fourth-order valence-electron chi connectivity index (χ4n) is 1.29. The Labute approximate surface area is 65.5 Å². The Morgan fingerprint density at radius 2 is 2.27 bits per heavy atom. The summed E-state index contributed by atoms with van der Waals surface area (Å²) in [6.45, 7) is 1.83. The topological polar surface area (TPSA) is 46.5 Å². The molecule has 11 heavy (non-hydrogen) atoms. The van der Waals surface area contributed by atoms with Crippen molar-refractivity contribution in [2.75, 3.05) is 0 Å². The highest BCUT2D eigenvalue weighted by Crippen LogP contribution is 2.33. The Balaban J connectivity index is 2.45. The number of carbonyl (C=O) groups is 1. The van der Waals surface area contributed by atoms with Crippen LogP contribution in [0.1, 0.15) is 26.2 Å². The van der Waals surface area contributed by atoms with Crippen LogP contribution in [0.25, 0.3) is 0 Å². The van der Waals surface area contributed by atoms with Gasteiger partial charge in [0.1, 0.15) is 0 Å². The summed E-state index contributed by atoms with van der Waals surface area (Å²) >= 11 is 0. The molecule has 0 aliphatic heterocycles. The maximum absolute atomic E-state index is 10.9. The second-order valence-corrected chi connectivity index (χ2v) is 3.02. The van der Waals surface area contributed by atoms with Gasteiger partial charge in [0, 0.05) is 5.92 Å². The molecule has 1 amide bonds. The molecule has 1 aliphatic carbocycles. The van der Waals surface area contributed by atoms with Crippen molar-refractivity contribution in [1.82, 2.24) is 0 Å². The molecule has 60 valence electrons. The normalized spacial score (nSPS) is 19.7. The van der Waals surface area contributed by atoms with Crippen LogP contribution in [-0.2, 0) is 9.59 Å². The molecule has 1 saturated carbocycles. The van der Waals surface area contributed by atoms with Crippen molar-refractivity contribution >= 4 is 12.0 Å². The zero-order chi connectivity index (χ0) is 8.27. The Bertz CT molecular complexity index is 202. The predicted molar refractivity (Wildman–Crippen MR) is 39.6 cm³/mol. The molecular formula is C8H11NO2. The SMILES string of the molecule is CC(C(=O)N=C=O)C1CCC1. The minimum atomic E-state index is -0.315. The summed E-state index contributed by atoms with van der Waals surface area (Å²) in [6.07, 6.45) is 4.68. The van der Waals surface area contributed by atoms with E-state index in [2.05, 4.69) is 4.99 Å². The number of rotatable bonds is 2. The summed E-state index contributed by atoms with van der Waals surface area (Å²) in [6, 6.07) is 0. The highest BCUT2D eigenvalue weighted by atomic mass is 16.2. The summed E-state index contributed by atoms with van der Waals surface area (Å²) in [5.41, 5.74) is 0. The van der Waals surface area contributed by atoms with Gasteiger partial charge in [-0.05, 0) is 18.8 Å². The second-order valence-electron chi connectivity index (χ2n) is 3.02. The van der Waals surface area contributed by atoms with Gasteiger partial charge in [0.2, 0.25) is 6.08 Å². The summed E-state index contributed by atoms with van der Waals surface area (Å²) in [4.78, 5) is 23.8. The number of isocyanates is 1. The van der Waals surface area contributed by atoms with Crippen molar-refractivity contribution in [2.45, 2.75) is 26.2 Å². The molecule has 0 aromatic heterocycles. The number of aliphatic imine (C=N–C) groups is 1. The fourth-order valence-corrected chi connectivity index (χ4v) is 1.29. The van der Waals surface area contributed by atoms with Gasteiger partial charge in [-0.25, -0.2) is 4.79 Å². The van der Waals surface area contributed by atoms with Crippen molar-refractivity contribution in [3.05, 3.63) is 0 Å². The van der Waals surface area contributed by atoms with Crippen LogP contribution in [0.3, 0.4) is 0 Å². The molecule has 3 heteroatoms. The molecule has 1 aliphatic rings. The van der Waals surface area contributed by atoms with Crippen LogP contribution >= 0.6 is 0 Å². The Morgan fingerprint density at radius 3 is 2.64 bits per heavy atom. The van der Waals surface area contributed by atoms with Gasteiger partial charge in [0.05, 0.1) is 0 Å². The lowest BCUT2D eigenvalue weighted by molar-refractivity contribution is -0.123. The van der Waals surface area contributed by atoms with E-state index in [1.807, 2.05) is 6.92 Å². The number of carbonyl (C=O) groups excluding carboxylic acids is 2. The molecule has 0 heterocycles. The van der Waals surface area contributed by atoms with E-state index in [0.717, 1.165) is 12.8 Å². The number of nitrogens with zero attached hydrogens (tertiary/aromatic N) is 1. The Hall–Kier alpha value is -0.950. The van der Waals surface area contributed by atoms with Crippen LogP contribution in [0, 0.1) is 11.8 Å². The third-order valence-corrected chi connectivity index (χ3v) is 2.40. The standard InChI is InChI=1S/C8H11NO2/c1-6(7-3-2-4-7)8(11)9-5-10/h6-7H,2-4H2,1H3. The number of amides is 1. The first-order valence-electron chi connectivity index (χ1n) is 3.87. The lowest BCUT2D eigenvalue weighted by atomic mass is 9.76. The molecule has 1 fully saturated rings. The van der Waals surface area contributed by atoms with E-state index in [-0.39, 0.29) is 11.8 Å². The molecule has 0 saturated heterocycles. The van der Waals surface area contributed by atoms with Crippen molar-refractivity contribution in [1.29, 1.82) is 0 Å². The fraction of sp³-hybridized carbons (Fsp3) is 0.750. The molecule has 0 spiro atoms. The average molecular weight is 153 g/mol. The van der Waals surface area contributed by atoms with Gasteiger partial charge in [-0.1, -0.05) is 13.3 Å². The lowest BCUT2D eigenvalue weighted by Crippen LogP contribution is -2.25. The number of hydrogen-bond acceptors (Lipinski definition) is 2. The average Bonchev–Trinajstić information content (AvgIpc) is 1.84. The first-order chi connectivity index (χ1) is 5.25. The minimum absolute atomic E-state index is 0.0785. The molecule has 0 bridgehead atoms. The molecule has 1 rings (SSSR count). The lowest BCUT2D eigenvalue weighted by Gasteiger charge is -2.28.